The zero-order valence-corrected chi connectivity index (χ0v) is 66.9. The van der Waals surface area contributed by atoms with Crippen LogP contribution in [0.2, 0.25) is 0 Å². The maximum Gasteiger partial charge on any atom is 0.416 e. The Hall–Kier alpha value is -12.6. The molecule has 118 heavy (non-hydrogen) atoms. The van der Waals surface area contributed by atoms with Gasteiger partial charge < -0.3 is 19.6 Å². The van der Waals surface area contributed by atoms with Crippen LogP contribution in [0, 0.1) is 0 Å². The van der Waals surface area contributed by atoms with Crippen molar-refractivity contribution in [1.29, 1.82) is 0 Å². The molecule has 0 bridgehead atoms. The maximum atomic E-state index is 16.2. The van der Waals surface area contributed by atoms with Crippen molar-refractivity contribution in [3.05, 3.63) is 391 Å². The monoisotopic (exact) mass is 1670 g/mol. The predicted octanol–water partition coefficient (Wildman–Crippen LogP) is 34.0. The first kappa shape index (κ1) is 76.7. The normalized spacial score (nSPS) is 11.8. The van der Waals surface area contributed by atoms with Crippen molar-refractivity contribution >= 4 is 136 Å². The van der Waals surface area contributed by atoms with Crippen molar-refractivity contribution in [2.75, 3.05) is 19.6 Å². The van der Waals surface area contributed by atoms with Crippen molar-refractivity contribution < 1.29 is 39.5 Å². The number of hydrogen-bond acceptors (Lipinski definition) is 10. The van der Waals surface area contributed by atoms with E-state index in [2.05, 4.69) is 47.0 Å². The molecule has 18 aromatic rings. The molecule has 4 nitrogen and oxygen atoms in total. The Labute approximate surface area is 699 Å². The SMILES string of the molecule is FC(F)(F)c1ccc(-c2cscc2-c2ccc(-c3cscc3N(c3ccccc3)c3ccccc3)cc2)c(N(c2cc(C(F)(F)F)ccc2-c2cscc2-c2ccc(-c3cscc3N(c3ccccc3)c3ccccc3)cc2)c2cc(C(F)(F)F)ccc2-c2cscc2-c2ccc(-c3cscc3N(c3ccccc3)c3ccccc3)cc2)c1. The molecule has 0 atom stereocenters. The van der Waals surface area contributed by atoms with E-state index in [0.717, 1.165) is 121 Å². The van der Waals surface area contributed by atoms with E-state index >= 15 is 39.5 Å². The second-order valence-electron chi connectivity index (χ2n) is 27.9. The number of halogens is 9. The number of anilines is 12. The van der Waals surface area contributed by atoms with Crippen molar-refractivity contribution in [3.8, 4) is 100 Å². The van der Waals surface area contributed by atoms with E-state index in [0.29, 0.717) is 50.1 Å². The second kappa shape index (κ2) is 32.5. The number of nitrogens with zero attached hydrogens (tertiary/aromatic N) is 4. The highest BCUT2D eigenvalue weighted by atomic mass is 32.1. The van der Waals surface area contributed by atoms with E-state index in [1.807, 2.05) is 271 Å². The highest BCUT2D eigenvalue weighted by molar-refractivity contribution is 7.10. The molecule has 0 aliphatic rings. The standard InChI is InChI=1S/C99H63F9N4S6/c100-97(101,102)70-43-46-79(88-58-113-52-82(88)64-31-37-67(38-32-64)85-55-116-61-94(85)109(73-19-7-1-8-20-73)74-21-9-2-10-22-74)91(49-70)112(92-50-71(98(103,104)105)44-47-80(92)89-59-114-53-83(89)65-33-39-68(40-34-65)86-56-117-62-95(86)110(75-23-11-3-12-24-75)76-25-13-4-14-26-76)93-51-72(99(106,107)108)45-48-81(93)90-60-115-54-84(90)66-35-41-69(42-36-66)87-57-118-63-96(87)111(77-27-15-5-16-28-77)78-29-17-6-18-30-78/h1-63H. The van der Waals surface area contributed by atoms with Crippen molar-refractivity contribution in [3.63, 3.8) is 0 Å². The van der Waals surface area contributed by atoms with E-state index in [1.54, 1.807) is 16.1 Å². The largest absolute Gasteiger partial charge is 0.416 e. The van der Waals surface area contributed by atoms with Gasteiger partial charge in [0.05, 0.1) is 50.8 Å². The van der Waals surface area contributed by atoms with Gasteiger partial charge in [-0.05, 0) is 175 Å². The molecule has 578 valence electrons. The average Bonchev–Trinajstić information content (AvgIpc) is 0.745. The van der Waals surface area contributed by atoms with Gasteiger partial charge in [0.15, 0.2) is 0 Å². The third kappa shape index (κ3) is 15.3. The zero-order chi connectivity index (χ0) is 80.7. The fourth-order valence-corrected chi connectivity index (χ4v) is 20.2. The van der Waals surface area contributed by atoms with Gasteiger partial charge in [-0.15, -0.1) is 34.0 Å². The van der Waals surface area contributed by atoms with Gasteiger partial charge in [0.25, 0.3) is 0 Å². The fourth-order valence-electron chi connectivity index (χ4n) is 15.2. The van der Waals surface area contributed by atoms with Gasteiger partial charge in [-0.1, -0.05) is 200 Å². The smallest absolute Gasteiger partial charge is 0.309 e. The first-order chi connectivity index (χ1) is 57.5. The van der Waals surface area contributed by atoms with Crippen LogP contribution in [0.25, 0.3) is 100 Å². The second-order valence-corrected chi connectivity index (χ2v) is 32.3. The molecule has 0 N–H and O–H groups in total. The first-order valence-electron chi connectivity index (χ1n) is 37.3. The summed E-state index contributed by atoms with van der Waals surface area (Å²) in [5.41, 5.74) is 13.9. The lowest BCUT2D eigenvalue weighted by molar-refractivity contribution is -0.138. The molecule has 0 saturated heterocycles. The minimum Gasteiger partial charge on any atom is -0.309 e. The number of rotatable bonds is 21. The molecule has 18 rings (SSSR count). The van der Waals surface area contributed by atoms with Crippen molar-refractivity contribution in [2.24, 2.45) is 0 Å². The Morgan fingerprint density at radius 1 is 0.161 bits per heavy atom. The molecule has 0 radical (unpaired) electrons. The lowest BCUT2D eigenvalue weighted by Gasteiger charge is -2.33. The highest BCUT2D eigenvalue weighted by Crippen LogP contribution is 2.57. The summed E-state index contributed by atoms with van der Waals surface area (Å²) in [6.45, 7) is 0. The van der Waals surface area contributed by atoms with E-state index in [1.165, 1.54) is 91.1 Å². The Balaban J connectivity index is 0.815. The molecule has 0 spiro atoms. The van der Waals surface area contributed by atoms with Crippen LogP contribution in [0.5, 0.6) is 0 Å². The Morgan fingerprint density at radius 3 is 0.559 bits per heavy atom. The van der Waals surface area contributed by atoms with Crippen molar-refractivity contribution in [1.82, 2.24) is 0 Å². The molecular formula is C99H63F9N4S6. The molecule has 0 amide bonds. The van der Waals surface area contributed by atoms with Crippen LogP contribution in [0.15, 0.2) is 374 Å². The molecule has 0 aliphatic carbocycles. The zero-order valence-electron chi connectivity index (χ0n) is 62.0. The van der Waals surface area contributed by atoms with Gasteiger partial charge in [-0.2, -0.15) is 73.5 Å². The molecule has 6 heterocycles. The average molecular weight is 1670 g/mol. The van der Waals surface area contributed by atoms with Crippen LogP contribution >= 0.6 is 68.0 Å². The molecule has 19 heteroatoms. The number of benzene rings is 12. The van der Waals surface area contributed by atoms with Gasteiger partial charge >= 0.3 is 18.5 Å². The van der Waals surface area contributed by atoms with Crippen molar-refractivity contribution in [2.45, 2.75) is 18.5 Å². The van der Waals surface area contributed by atoms with Crippen LogP contribution in [0.4, 0.5) is 108 Å². The third-order valence-corrected chi connectivity index (χ3v) is 25.2. The lowest BCUT2D eigenvalue weighted by atomic mass is 9.91. The number of para-hydroxylation sites is 6. The fraction of sp³-hybridized carbons (Fsp3) is 0.0303. The van der Waals surface area contributed by atoms with Gasteiger partial charge in [0.1, 0.15) is 0 Å². The summed E-state index contributed by atoms with van der Waals surface area (Å²) in [5.74, 6) is 0. The lowest BCUT2D eigenvalue weighted by Crippen LogP contribution is -2.18. The quantitative estimate of drug-likeness (QED) is 0.0665. The molecule has 0 aliphatic heterocycles. The molecule has 0 unspecified atom stereocenters. The topological polar surface area (TPSA) is 13.0 Å². The van der Waals surface area contributed by atoms with Crippen LogP contribution in [0.3, 0.4) is 0 Å². The van der Waals surface area contributed by atoms with Crippen LogP contribution < -0.4 is 19.6 Å². The minimum atomic E-state index is -5.09. The highest BCUT2D eigenvalue weighted by Gasteiger charge is 2.39. The van der Waals surface area contributed by atoms with Gasteiger partial charge in [0, 0.05) is 133 Å². The van der Waals surface area contributed by atoms with Gasteiger partial charge in [-0.25, -0.2) is 0 Å². The third-order valence-electron chi connectivity index (χ3n) is 20.8. The Morgan fingerprint density at radius 2 is 0.347 bits per heavy atom. The Bertz CT molecular complexity index is 5770. The van der Waals surface area contributed by atoms with Crippen LogP contribution in [0.1, 0.15) is 16.7 Å². The Kier molecular flexibility index (Phi) is 21.1. The number of hydrogen-bond donors (Lipinski definition) is 0. The summed E-state index contributed by atoms with van der Waals surface area (Å²) < 4.78 is 145. The number of alkyl halides is 9. The summed E-state index contributed by atoms with van der Waals surface area (Å²) in [6.07, 6.45) is -15.3. The van der Waals surface area contributed by atoms with E-state index < -0.39 is 35.2 Å². The van der Waals surface area contributed by atoms with Gasteiger partial charge in [0.2, 0.25) is 0 Å². The van der Waals surface area contributed by atoms with Crippen LogP contribution in [-0.2, 0) is 18.5 Å². The van der Waals surface area contributed by atoms with E-state index in [4.69, 9.17) is 0 Å². The number of thiophene rings is 6. The molecule has 6 aromatic heterocycles. The van der Waals surface area contributed by atoms with E-state index in [-0.39, 0.29) is 33.8 Å². The first-order valence-corrected chi connectivity index (χ1v) is 43.0. The molecule has 12 aromatic carbocycles. The molecule has 0 saturated carbocycles. The summed E-state index contributed by atoms with van der Waals surface area (Å²) >= 11 is 8.36. The predicted molar refractivity (Wildman–Crippen MR) is 476 cm³/mol. The van der Waals surface area contributed by atoms with Gasteiger partial charge in [-0.3, -0.25) is 0 Å². The maximum absolute atomic E-state index is 16.2. The molecular weight excluding hydrogens is 1610 g/mol. The minimum absolute atomic E-state index is 0.0839. The van der Waals surface area contributed by atoms with Crippen LogP contribution in [-0.4, -0.2) is 0 Å². The summed E-state index contributed by atoms with van der Waals surface area (Å²) in [6, 6.07) is 92.3. The molecule has 0 fully saturated rings. The summed E-state index contributed by atoms with van der Waals surface area (Å²) in [7, 11) is 0. The summed E-state index contributed by atoms with van der Waals surface area (Å²) in [5, 5.41) is 23.3. The van der Waals surface area contributed by atoms with E-state index in [9.17, 15) is 0 Å². The summed E-state index contributed by atoms with van der Waals surface area (Å²) in [4.78, 5) is 7.73.